The van der Waals surface area contributed by atoms with Crippen LogP contribution < -0.4 is 40.3 Å². The third-order valence-electron chi connectivity index (χ3n) is 24.4. The summed E-state index contributed by atoms with van der Waals surface area (Å²) in [5, 5.41) is 35.7. The Morgan fingerprint density at radius 1 is 0.404 bits per heavy atom. The number of ether oxygens (including phenoxy) is 5. The van der Waals surface area contributed by atoms with Crippen LogP contribution in [-0.4, -0.2) is 113 Å². The summed E-state index contributed by atoms with van der Waals surface area (Å²) in [7, 11) is 2.53. The van der Waals surface area contributed by atoms with Crippen molar-refractivity contribution in [3.8, 4) is 54.3 Å². The standard InChI is InChI=1S/C29H24ClFN2O4S.C28H22ClFN2O4S.C23H27BO4.C12H9ClFIN2O2S.C7H6ClFO.C5H4INO2S.CH4.Li.H2O/c1-17-25(32-28(35)37-16-21-9-12-23(31)15-24(21)30)26(38-33-17)20-5-3-18(4-6-20)19-7-10-22(11-8-19)29(13-14-29)27(34)36-2;1-16-24(31-27(35)36-15-20-8-11-22(30)14-23(20)29)25(37-32-16)19-4-2-17(3-5-19)18-6-9-21(10-7-18)28(12-13-28)26(33)34;1-21(2)22(3,4)28-24(27-21)19-12-8-17(9-13-19)16-6-10-18(11-7-16)23(14-15-23)20(25)26-5;1-6-10(11(15)20-17-6)16-12(18)19-5-7-2-3-8(14)4-9(7)13;8-7-3-6(9)2-1-5(7)4-10;1-2-3(5(8)9)4(6)10-7-2;;;/h3-12,15H,13-14,16H2,1-2H3,(H,32,35);2-11,14H,12-13,15H2,1H3,(H,31,35)(H,33,34);6-13H,14-15H2,1-5H3;2-4H,5H2,1H3,(H,16,18);1-3,10H,4H2;1H3,(H,8,9);1H4;;1H2/q;;;;;;;+1;/p-1. The minimum atomic E-state index is -0.893. The van der Waals surface area contributed by atoms with Gasteiger partial charge in [0, 0.05) is 21.7 Å². The van der Waals surface area contributed by atoms with E-state index in [1.807, 2.05) is 139 Å². The molecular formula is C105H97BCl4F4I2LiN7O18S4. The molecule has 14 aromatic rings. The third-order valence-corrected chi connectivity index (χ3v) is 31.5. The van der Waals surface area contributed by atoms with E-state index >= 15 is 0 Å². The average Bonchev–Trinajstić information content (AvgIpc) is 1.60. The Balaban J connectivity index is 0.000000189. The van der Waals surface area contributed by atoms with Crippen LogP contribution >= 0.6 is 138 Å². The molecule has 0 radical (unpaired) electrons. The molecule has 0 unspecified atom stereocenters. The van der Waals surface area contributed by atoms with Gasteiger partial charge in [0.15, 0.2) is 0 Å². The number of aliphatic carboxylic acids is 1. The smallest absolute Gasteiger partial charge is 0.870 e. The Bertz CT molecular complexity index is 6960. The van der Waals surface area contributed by atoms with E-state index in [2.05, 4.69) is 120 Å². The van der Waals surface area contributed by atoms with Crippen molar-refractivity contribution in [2.45, 2.75) is 155 Å². The molecule has 3 aliphatic carbocycles. The number of hydrogen-bond donors (Lipinski definition) is 6. The van der Waals surface area contributed by atoms with Crippen molar-refractivity contribution in [3.05, 3.63) is 335 Å². The number of nitrogens with zero attached hydrogens (tertiary/aromatic N) is 4. The van der Waals surface area contributed by atoms with Crippen molar-refractivity contribution in [2.75, 3.05) is 30.2 Å². The number of aliphatic hydroxyl groups excluding tert-OH is 1. The number of aromatic nitrogens is 4. The van der Waals surface area contributed by atoms with Gasteiger partial charge in [-0.1, -0.05) is 224 Å². The number of esters is 2. The van der Waals surface area contributed by atoms with Crippen molar-refractivity contribution in [1.29, 1.82) is 0 Å². The number of methoxy groups -OCH3 is 2. The molecule has 41 heteroatoms. The van der Waals surface area contributed by atoms with Gasteiger partial charge in [-0.25, -0.2) is 36.7 Å². The molecular weight excluding hydrogens is 2260 g/mol. The summed E-state index contributed by atoms with van der Waals surface area (Å²) in [5.41, 5.74) is 16.4. The monoisotopic (exact) mass is 2360 g/mol. The van der Waals surface area contributed by atoms with Crippen molar-refractivity contribution in [3.63, 3.8) is 0 Å². The predicted octanol–water partition coefficient (Wildman–Crippen LogP) is 24.6. The first-order chi connectivity index (χ1) is 68.1. The maximum atomic E-state index is 13.2. The summed E-state index contributed by atoms with van der Waals surface area (Å²) in [6, 6.07) is 63.6. The number of hydrogen-bond acceptors (Lipinski definition) is 24. The Morgan fingerprint density at radius 3 is 0.945 bits per heavy atom. The minimum absolute atomic E-state index is 0. The molecule has 5 heterocycles. The first-order valence-electron chi connectivity index (χ1n) is 44.1. The number of carbonyl (C=O) groups is 7. The molecule has 4 fully saturated rings. The van der Waals surface area contributed by atoms with Crippen LogP contribution in [-0.2, 0) is 90.0 Å². The molecule has 0 spiro atoms. The molecule has 1 aliphatic heterocycles. The van der Waals surface area contributed by atoms with Gasteiger partial charge in [0.05, 0.1) is 113 Å². The van der Waals surface area contributed by atoms with E-state index in [-0.39, 0.29) is 114 Å². The maximum Gasteiger partial charge on any atom is 1.00 e. The Hall–Kier alpha value is -10.7. The van der Waals surface area contributed by atoms with Gasteiger partial charge in [-0.05, 0) is 306 Å². The summed E-state index contributed by atoms with van der Waals surface area (Å²) in [6.45, 7) is 15.0. The van der Waals surface area contributed by atoms with Gasteiger partial charge >= 0.3 is 68.1 Å². The average molecular weight is 2360 g/mol. The van der Waals surface area contributed by atoms with Gasteiger partial charge in [0.2, 0.25) is 0 Å². The van der Waals surface area contributed by atoms with Gasteiger partial charge in [-0.15, -0.1) is 0 Å². The predicted molar refractivity (Wildman–Crippen MR) is 575 cm³/mol. The number of benzene rings is 10. The fraction of sp³-hybridized carbons (Fsp3) is 0.248. The summed E-state index contributed by atoms with van der Waals surface area (Å²) >= 11 is 32.5. The Labute approximate surface area is 916 Å². The van der Waals surface area contributed by atoms with Crippen LogP contribution in [0.3, 0.4) is 0 Å². The molecule has 3 amide bonds. The van der Waals surface area contributed by atoms with Crippen molar-refractivity contribution < 1.29 is 124 Å². The summed E-state index contributed by atoms with van der Waals surface area (Å²) in [4.78, 5) is 84.5. The maximum absolute atomic E-state index is 13.2. The summed E-state index contributed by atoms with van der Waals surface area (Å²) < 4.78 is 108. The minimum Gasteiger partial charge on any atom is -0.870 e. The Kier molecular flexibility index (Phi) is 41.3. The van der Waals surface area contributed by atoms with E-state index < -0.39 is 63.9 Å². The van der Waals surface area contributed by atoms with Gasteiger partial charge in [0.25, 0.3) is 0 Å². The molecule has 0 bridgehead atoms. The summed E-state index contributed by atoms with van der Waals surface area (Å²) in [6.07, 6.45) is 2.76. The molecule has 18 rings (SSSR count). The number of carboxylic acid groups (broad SMARTS) is 2. The second-order valence-corrected chi connectivity index (χ2v) is 42.8. The number of nitrogens with one attached hydrogen (secondary N) is 3. The molecule has 758 valence electrons. The fourth-order valence-electron chi connectivity index (χ4n) is 14.9. The van der Waals surface area contributed by atoms with Gasteiger partial charge in [-0.2, -0.15) is 17.5 Å². The number of aromatic carboxylic acids is 1. The van der Waals surface area contributed by atoms with Gasteiger partial charge < -0.3 is 53.8 Å². The van der Waals surface area contributed by atoms with Crippen LogP contribution in [0.4, 0.5) is 49.0 Å². The van der Waals surface area contributed by atoms with Crippen LogP contribution in [0.5, 0.6) is 0 Å². The van der Waals surface area contributed by atoms with E-state index in [1.54, 1.807) is 20.8 Å². The second kappa shape index (κ2) is 51.4. The first-order valence-corrected chi connectivity index (χ1v) is 50.8. The number of carbonyl (C=O) groups excluding carboxylic acids is 5. The zero-order valence-corrected chi connectivity index (χ0v) is 90.2. The molecule has 25 nitrogen and oxygen atoms in total. The molecule has 4 aromatic heterocycles. The van der Waals surface area contributed by atoms with Crippen molar-refractivity contribution in [1.82, 2.24) is 17.5 Å². The number of rotatable bonds is 23. The van der Waals surface area contributed by atoms with Crippen LogP contribution in [0.25, 0.3) is 54.3 Å². The molecule has 1 saturated heterocycles. The summed E-state index contributed by atoms with van der Waals surface area (Å²) in [5.74, 6) is -3.71. The molecule has 10 aromatic carbocycles. The van der Waals surface area contributed by atoms with E-state index in [9.17, 15) is 56.2 Å². The topological polar surface area (TPSA) is 362 Å². The van der Waals surface area contributed by atoms with Crippen LogP contribution in [0.1, 0.15) is 146 Å². The number of aryl methyl sites for hydroxylation is 4. The van der Waals surface area contributed by atoms with Gasteiger partial charge in [0.1, 0.15) is 54.4 Å². The SMILES string of the molecule is C.COC(=O)C1(c2ccc(-c3ccc(-c4snc(C)c4NC(=O)OCc4ccc(F)cc4Cl)cc3)cc2)CC1.COC(=O)C1(c2ccc(-c3ccc(B4OC(C)(C)C(C)(C)O4)cc3)cc2)CC1.Cc1nsc(-c2ccc(-c3ccc(C4(C(=O)O)CC4)cc3)cc2)c1NC(=O)OCc1ccc(F)cc1Cl.Cc1nsc(I)c1C(=O)O.Cc1nsc(I)c1NC(=O)OCc1ccc(F)cc1Cl.OCc1ccc(F)cc1Cl.[Li+].[OH-]. The van der Waals surface area contributed by atoms with Crippen LogP contribution in [0.2, 0.25) is 20.1 Å². The molecule has 146 heavy (non-hydrogen) atoms. The van der Waals surface area contributed by atoms with Crippen LogP contribution in [0, 0.1) is 56.7 Å². The fourth-order valence-corrected chi connectivity index (χ4v) is 20.5. The van der Waals surface area contributed by atoms with E-state index in [0.29, 0.717) is 74.8 Å². The van der Waals surface area contributed by atoms with Crippen LogP contribution in [0.15, 0.2) is 218 Å². The molecule has 0 atom stereocenters. The number of anilines is 3. The largest absolute Gasteiger partial charge is 1.00 e. The third kappa shape index (κ3) is 28.8. The molecule has 4 aliphatic rings. The molecule has 7 N–H and O–H groups in total. The molecule has 3 saturated carbocycles. The van der Waals surface area contributed by atoms with E-state index in [1.165, 1.54) is 133 Å². The normalized spacial score (nSPS) is 13.9. The Morgan fingerprint density at radius 2 is 0.678 bits per heavy atom. The quantitative estimate of drug-likeness (QED) is 0.0114. The zero-order valence-electron chi connectivity index (χ0n) is 79.6. The van der Waals surface area contributed by atoms with Crippen molar-refractivity contribution in [2.24, 2.45) is 0 Å². The second-order valence-electron chi connectivity index (χ2n) is 34.4. The number of carboxylic acids is 2. The van der Waals surface area contributed by atoms with Gasteiger partial charge in [-0.3, -0.25) is 30.3 Å². The van der Waals surface area contributed by atoms with E-state index in [0.717, 1.165) is 114 Å². The zero-order chi connectivity index (χ0) is 103. The first kappa shape index (κ1) is 117. The number of aliphatic hydroxyl groups is 1. The van der Waals surface area contributed by atoms with E-state index in [4.69, 9.17) is 89.6 Å². The van der Waals surface area contributed by atoms with Crippen molar-refractivity contribution >= 4 is 210 Å². The number of amides is 3. The number of halogens is 10.